The molecule has 1 heterocycles. The average Bonchev–Trinajstić information content (AvgIpc) is 2.89. The topological polar surface area (TPSA) is 54.9 Å². The minimum atomic E-state index is -0.127. The third-order valence-corrected chi connectivity index (χ3v) is 3.54. The Morgan fingerprint density at radius 1 is 1.21 bits per heavy atom. The van der Waals surface area contributed by atoms with E-state index in [1.165, 1.54) is 16.7 Å². The Morgan fingerprint density at radius 3 is 2.89 bits per heavy atom. The zero-order chi connectivity index (χ0) is 13.0. The summed E-state index contributed by atoms with van der Waals surface area (Å²) < 4.78 is 0. The molecule has 0 aromatic carbocycles. The fourth-order valence-electron chi connectivity index (χ4n) is 2.48. The van der Waals surface area contributed by atoms with Gasteiger partial charge in [-0.1, -0.05) is 6.08 Å². The zero-order valence-electron chi connectivity index (χ0n) is 10.4. The Balaban J connectivity index is 1.61. The van der Waals surface area contributed by atoms with Gasteiger partial charge in [0.2, 0.25) is 0 Å². The van der Waals surface area contributed by atoms with Crippen LogP contribution in [0.15, 0.2) is 58.5 Å². The minimum absolute atomic E-state index is 0.127. The molecule has 0 saturated heterocycles. The van der Waals surface area contributed by atoms with E-state index in [0.717, 1.165) is 17.7 Å². The molecule has 0 aliphatic heterocycles. The van der Waals surface area contributed by atoms with Crippen LogP contribution < -0.4 is 5.32 Å². The molecule has 1 fully saturated rings. The van der Waals surface area contributed by atoms with Crippen molar-refractivity contribution in [3.63, 3.8) is 0 Å². The van der Waals surface area contributed by atoms with Crippen molar-refractivity contribution in [1.82, 2.24) is 9.97 Å². The van der Waals surface area contributed by atoms with Gasteiger partial charge in [-0.2, -0.15) is 0 Å². The lowest BCUT2D eigenvalue weighted by Gasteiger charge is -2.05. The highest BCUT2D eigenvalue weighted by Crippen LogP contribution is 2.51. The molecule has 19 heavy (non-hydrogen) atoms. The second kappa shape index (κ2) is 3.51. The highest BCUT2D eigenvalue weighted by atomic mass is 16.1. The number of hydrogen-bond acceptors (Lipinski definition) is 3. The molecule has 0 unspecified atom stereocenters. The van der Waals surface area contributed by atoms with Crippen molar-refractivity contribution in [2.24, 2.45) is 0 Å². The second-order valence-corrected chi connectivity index (χ2v) is 4.90. The smallest absolute Gasteiger partial charge is 0.257 e. The van der Waals surface area contributed by atoms with E-state index in [1.54, 1.807) is 12.4 Å². The van der Waals surface area contributed by atoms with Gasteiger partial charge in [-0.3, -0.25) is 9.78 Å². The van der Waals surface area contributed by atoms with Gasteiger partial charge in [-0.15, -0.1) is 0 Å². The average molecular weight is 249 g/mol. The van der Waals surface area contributed by atoms with Crippen LogP contribution in [0, 0.1) is 6.92 Å². The Bertz CT molecular complexity index is 733. The Labute approximate surface area is 110 Å². The molecule has 4 rings (SSSR count). The third kappa shape index (κ3) is 1.57. The number of aryl methyl sites for hydroxylation is 1. The maximum Gasteiger partial charge on any atom is 0.257 e. The highest BCUT2D eigenvalue weighted by molar-refractivity contribution is 6.08. The molecule has 1 aromatic rings. The molecule has 4 nitrogen and oxygen atoms in total. The van der Waals surface area contributed by atoms with E-state index in [2.05, 4.69) is 21.4 Å². The van der Waals surface area contributed by atoms with Crippen LogP contribution in [-0.2, 0) is 4.79 Å². The van der Waals surface area contributed by atoms with E-state index < -0.39 is 0 Å². The largest absolute Gasteiger partial charge is 0.305 e. The lowest BCUT2D eigenvalue weighted by molar-refractivity contribution is -0.112. The number of allylic oxidation sites excluding steroid dienone is 6. The molecule has 0 spiro atoms. The number of rotatable bonds is 2. The lowest BCUT2D eigenvalue weighted by atomic mass is 10.1. The number of fused-ring (bicyclic) bond motifs is 2. The second-order valence-electron chi connectivity index (χ2n) is 4.90. The Kier molecular flexibility index (Phi) is 1.93. The van der Waals surface area contributed by atoms with Gasteiger partial charge in [0.15, 0.2) is 5.82 Å². The maximum atomic E-state index is 12.2. The van der Waals surface area contributed by atoms with E-state index in [0.29, 0.717) is 11.4 Å². The first-order valence-electron chi connectivity index (χ1n) is 6.19. The molecular formula is C15H11N3O. The molecule has 0 bridgehead atoms. The number of carbonyl (C=O) groups is 1. The van der Waals surface area contributed by atoms with E-state index in [9.17, 15) is 4.79 Å². The molecule has 92 valence electrons. The molecular weight excluding hydrogens is 238 g/mol. The SMILES string of the molecule is Cc1cnc(NC(=O)C2=C3C=C4CC4=C3C=C2)cn1. The monoisotopic (exact) mass is 249 g/mol. The molecule has 4 heteroatoms. The van der Waals surface area contributed by atoms with Crippen LogP contribution in [0.1, 0.15) is 12.1 Å². The van der Waals surface area contributed by atoms with Crippen LogP contribution in [0.5, 0.6) is 0 Å². The number of amides is 1. The highest BCUT2D eigenvalue weighted by Gasteiger charge is 2.35. The molecule has 1 N–H and O–H groups in total. The van der Waals surface area contributed by atoms with Crippen LogP contribution in [0.2, 0.25) is 0 Å². The van der Waals surface area contributed by atoms with Crippen molar-refractivity contribution >= 4 is 11.7 Å². The van der Waals surface area contributed by atoms with Gasteiger partial charge in [0, 0.05) is 5.57 Å². The van der Waals surface area contributed by atoms with Crippen molar-refractivity contribution in [1.29, 1.82) is 0 Å². The molecule has 1 amide bonds. The molecule has 0 atom stereocenters. The standard InChI is InChI=1S/C15H11N3O/c1-8-6-17-14(7-16-8)18-15(19)11-3-2-10-12-4-9(12)5-13(10)11/h2-3,5-7H,4H2,1H3,(H,17,18,19). The van der Waals surface area contributed by atoms with Gasteiger partial charge >= 0.3 is 0 Å². The predicted molar refractivity (Wildman–Crippen MR) is 71.3 cm³/mol. The fraction of sp³-hybridized carbons (Fsp3) is 0.133. The Hall–Kier alpha value is -2.49. The van der Waals surface area contributed by atoms with Crippen LogP contribution in [-0.4, -0.2) is 15.9 Å². The molecule has 1 aromatic heterocycles. The first-order chi connectivity index (χ1) is 9.22. The van der Waals surface area contributed by atoms with Crippen LogP contribution in [0.25, 0.3) is 0 Å². The number of anilines is 1. The summed E-state index contributed by atoms with van der Waals surface area (Å²) in [4.78, 5) is 20.5. The first kappa shape index (κ1) is 10.4. The number of nitrogens with zero attached hydrogens (tertiary/aromatic N) is 2. The summed E-state index contributed by atoms with van der Waals surface area (Å²) in [5.41, 5.74) is 6.57. The Morgan fingerprint density at radius 2 is 2.11 bits per heavy atom. The van der Waals surface area contributed by atoms with Crippen molar-refractivity contribution in [2.45, 2.75) is 13.3 Å². The van der Waals surface area contributed by atoms with Crippen molar-refractivity contribution < 1.29 is 4.79 Å². The summed E-state index contributed by atoms with van der Waals surface area (Å²) >= 11 is 0. The van der Waals surface area contributed by atoms with E-state index >= 15 is 0 Å². The van der Waals surface area contributed by atoms with Gasteiger partial charge < -0.3 is 5.32 Å². The minimum Gasteiger partial charge on any atom is -0.305 e. The summed E-state index contributed by atoms with van der Waals surface area (Å²) in [7, 11) is 0. The van der Waals surface area contributed by atoms with Gasteiger partial charge in [-0.05, 0) is 47.8 Å². The van der Waals surface area contributed by atoms with Crippen molar-refractivity contribution in [3.8, 4) is 0 Å². The van der Waals surface area contributed by atoms with E-state index in [-0.39, 0.29) is 5.91 Å². The van der Waals surface area contributed by atoms with Crippen LogP contribution in [0.4, 0.5) is 5.82 Å². The maximum absolute atomic E-state index is 12.2. The summed E-state index contributed by atoms with van der Waals surface area (Å²) in [5.74, 6) is 0.354. The van der Waals surface area contributed by atoms with Gasteiger partial charge in [0.1, 0.15) is 0 Å². The number of nitrogens with one attached hydrogen (secondary N) is 1. The summed E-state index contributed by atoms with van der Waals surface area (Å²) in [6, 6.07) is 0. The number of aromatic nitrogens is 2. The van der Waals surface area contributed by atoms with Crippen LogP contribution >= 0.6 is 0 Å². The first-order valence-corrected chi connectivity index (χ1v) is 6.19. The van der Waals surface area contributed by atoms with E-state index in [1.807, 2.05) is 19.1 Å². The zero-order valence-corrected chi connectivity index (χ0v) is 10.4. The van der Waals surface area contributed by atoms with Crippen LogP contribution in [0.3, 0.4) is 0 Å². The fourth-order valence-corrected chi connectivity index (χ4v) is 2.48. The van der Waals surface area contributed by atoms with Gasteiger partial charge in [0.05, 0.1) is 18.1 Å². The van der Waals surface area contributed by atoms with Crippen molar-refractivity contribution in [2.75, 3.05) is 5.32 Å². The molecule has 0 radical (unpaired) electrons. The summed E-state index contributed by atoms with van der Waals surface area (Å²) in [6.45, 7) is 1.86. The number of hydrogen-bond donors (Lipinski definition) is 1. The molecule has 3 aliphatic rings. The third-order valence-electron chi connectivity index (χ3n) is 3.54. The molecule has 3 aliphatic carbocycles. The molecule has 1 saturated carbocycles. The summed E-state index contributed by atoms with van der Waals surface area (Å²) in [6.07, 6.45) is 10.3. The van der Waals surface area contributed by atoms with Gasteiger partial charge in [0.25, 0.3) is 5.91 Å². The summed E-state index contributed by atoms with van der Waals surface area (Å²) in [5, 5.41) is 2.78. The normalized spacial score (nSPS) is 18.5. The predicted octanol–water partition coefficient (Wildman–Crippen LogP) is 2.23. The van der Waals surface area contributed by atoms with Gasteiger partial charge in [-0.25, -0.2) is 4.98 Å². The van der Waals surface area contributed by atoms with E-state index in [4.69, 9.17) is 0 Å². The quantitative estimate of drug-likeness (QED) is 0.874. The lowest BCUT2D eigenvalue weighted by Crippen LogP contribution is -2.15. The van der Waals surface area contributed by atoms with Crippen molar-refractivity contribution in [3.05, 3.63) is 64.2 Å². The number of carbonyl (C=O) groups excluding carboxylic acids is 1.